The van der Waals surface area contributed by atoms with E-state index in [1.165, 1.54) is 18.2 Å². The molecule has 0 saturated carbocycles. The lowest BCUT2D eigenvalue weighted by molar-refractivity contribution is 0.0526. The van der Waals surface area contributed by atoms with Crippen LogP contribution in [0.1, 0.15) is 17.3 Å². The lowest BCUT2D eigenvalue weighted by atomic mass is 10.2. The third-order valence-corrected chi connectivity index (χ3v) is 2.39. The number of hydrogen-bond acceptors (Lipinski definition) is 5. The van der Waals surface area contributed by atoms with Crippen LogP contribution in [0.3, 0.4) is 0 Å². The van der Waals surface area contributed by atoms with Crippen LogP contribution in [0.25, 0.3) is 0 Å². The highest BCUT2D eigenvalue weighted by Crippen LogP contribution is 2.25. The smallest absolute Gasteiger partial charge is 0.338 e. The van der Waals surface area contributed by atoms with Gasteiger partial charge in [0.2, 0.25) is 10.0 Å². The summed E-state index contributed by atoms with van der Waals surface area (Å²) in [5.74, 6) is -0.840. The molecule has 0 aromatic heterocycles. The van der Waals surface area contributed by atoms with E-state index in [1.807, 2.05) is 0 Å². The maximum absolute atomic E-state index is 11.4. The van der Waals surface area contributed by atoms with Crippen molar-refractivity contribution in [2.75, 3.05) is 17.6 Å². The Kier molecular flexibility index (Phi) is 3.95. The Bertz CT molecular complexity index is 523. The van der Waals surface area contributed by atoms with Gasteiger partial charge in [0.1, 0.15) is 5.75 Å². The predicted molar refractivity (Wildman–Crippen MR) is 62.5 cm³/mol. The first-order valence-electron chi connectivity index (χ1n) is 4.81. The molecule has 0 saturated heterocycles. The number of benzene rings is 1. The zero-order valence-corrected chi connectivity index (χ0v) is 10.2. The van der Waals surface area contributed by atoms with Gasteiger partial charge in [0.25, 0.3) is 0 Å². The fourth-order valence-corrected chi connectivity index (χ4v) is 1.72. The molecule has 0 atom stereocenters. The van der Waals surface area contributed by atoms with Crippen LogP contribution < -0.4 is 4.72 Å². The summed E-state index contributed by atoms with van der Waals surface area (Å²) >= 11 is 0. The number of aromatic hydroxyl groups is 1. The number of carbonyl (C=O) groups excluding carboxylic acids is 1. The number of nitrogens with one attached hydrogen (secondary N) is 1. The standard InChI is InChI=1S/C10H13NO5S/c1-3-16-10(13)7-4-5-9(12)8(6-7)11-17(2,14)15/h4-6,11-12H,3H2,1-2H3. The Labute approximate surface area is 99.3 Å². The van der Waals surface area contributed by atoms with Gasteiger partial charge in [0.05, 0.1) is 24.1 Å². The molecule has 0 spiro atoms. The molecule has 6 nitrogen and oxygen atoms in total. The normalized spacial score (nSPS) is 10.9. The molecule has 0 unspecified atom stereocenters. The van der Waals surface area contributed by atoms with E-state index in [0.29, 0.717) is 0 Å². The zero-order valence-electron chi connectivity index (χ0n) is 9.43. The van der Waals surface area contributed by atoms with Crippen molar-refractivity contribution in [1.29, 1.82) is 0 Å². The topological polar surface area (TPSA) is 92.7 Å². The molecule has 0 amide bonds. The molecule has 1 rings (SSSR count). The molecule has 1 aromatic carbocycles. The van der Waals surface area contributed by atoms with Crippen molar-refractivity contribution in [1.82, 2.24) is 0 Å². The molecule has 2 N–H and O–H groups in total. The Morgan fingerprint density at radius 3 is 2.65 bits per heavy atom. The van der Waals surface area contributed by atoms with Crippen molar-refractivity contribution < 1.29 is 23.1 Å². The molecule has 0 fully saturated rings. The molecule has 0 aliphatic heterocycles. The number of carbonyl (C=O) groups is 1. The van der Waals surface area contributed by atoms with Crippen LogP contribution in [0, 0.1) is 0 Å². The third-order valence-electron chi connectivity index (χ3n) is 1.80. The number of esters is 1. The van der Waals surface area contributed by atoms with Gasteiger partial charge in [-0.15, -0.1) is 0 Å². The molecular formula is C10H13NO5S. The van der Waals surface area contributed by atoms with Gasteiger partial charge in [0, 0.05) is 0 Å². The molecular weight excluding hydrogens is 246 g/mol. The lowest BCUT2D eigenvalue weighted by Gasteiger charge is -2.08. The highest BCUT2D eigenvalue weighted by atomic mass is 32.2. The summed E-state index contributed by atoms with van der Waals surface area (Å²) in [5.41, 5.74) is 0.105. The molecule has 0 heterocycles. The van der Waals surface area contributed by atoms with Crippen LogP contribution in [-0.4, -0.2) is 32.4 Å². The average molecular weight is 259 g/mol. The first-order chi connectivity index (χ1) is 7.83. The van der Waals surface area contributed by atoms with Gasteiger partial charge >= 0.3 is 5.97 Å². The fraction of sp³-hybridized carbons (Fsp3) is 0.300. The quantitative estimate of drug-likeness (QED) is 0.620. The SMILES string of the molecule is CCOC(=O)c1ccc(O)c(NS(C)(=O)=O)c1. The molecule has 0 aliphatic rings. The number of rotatable bonds is 4. The van der Waals surface area contributed by atoms with Crippen molar-refractivity contribution in [2.45, 2.75) is 6.92 Å². The second kappa shape index (κ2) is 5.05. The van der Waals surface area contributed by atoms with Gasteiger partial charge in [-0.25, -0.2) is 13.2 Å². The summed E-state index contributed by atoms with van der Waals surface area (Å²) in [5, 5.41) is 9.43. The van der Waals surface area contributed by atoms with Gasteiger partial charge in [-0.05, 0) is 25.1 Å². The monoisotopic (exact) mass is 259 g/mol. The van der Waals surface area contributed by atoms with Crippen LogP contribution in [0.4, 0.5) is 5.69 Å². The minimum Gasteiger partial charge on any atom is -0.506 e. The summed E-state index contributed by atoms with van der Waals surface area (Å²) < 4.78 is 28.9. The van der Waals surface area contributed by atoms with E-state index in [2.05, 4.69) is 4.72 Å². The lowest BCUT2D eigenvalue weighted by Crippen LogP contribution is -2.11. The molecule has 0 aliphatic carbocycles. The molecule has 0 radical (unpaired) electrons. The maximum atomic E-state index is 11.4. The van der Waals surface area contributed by atoms with Gasteiger partial charge < -0.3 is 9.84 Å². The Balaban J connectivity index is 3.06. The maximum Gasteiger partial charge on any atom is 0.338 e. The largest absolute Gasteiger partial charge is 0.506 e. The van der Waals surface area contributed by atoms with E-state index in [1.54, 1.807) is 6.92 Å². The van der Waals surface area contributed by atoms with E-state index in [4.69, 9.17) is 4.74 Å². The van der Waals surface area contributed by atoms with Gasteiger partial charge in [-0.1, -0.05) is 0 Å². The predicted octanol–water partition coefficient (Wildman–Crippen LogP) is 0.940. The first kappa shape index (κ1) is 13.3. The number of anilines is 1. The van der Waals surface area contributed by atoms with Crippen LogP contribution in [-0.2, 0) is 14.8 Å². The molecule has 94 valence electrons. The second-order valence-electron chi connectivity index (χ2n) is 3.33. The van der Waals surface area contributed by atoms with E-state index in [0.717, 1.165) is 6.26 Å². The van der Waals surface area contributed by atoms with Crippen molar-refractivity contribution in [2.24, 2.45) is 0 Å². The Hall–Kier alpha value is -1.76. The number of hydrogen-bond donors (Lipinski definition) is 2. The van der Waals surface area contributed by atoms with E-state index in [9.17, 15) is 18.3 Å². The summed E-state index contributed by atoms with van der Waals surface area (Å²) in [4.78, 5) is 11.4. The fourth-order valence-electron chi connectivity index (χ4n) is 1.16. The summed E-state index contributed by atoms with van der Waals surface area (Å²) in [6, 6.07) is 3.79. The minimum atomic E-state index is -3.52. The average Bonchev–Trinajstić information content (AvgIpc) is 2.19. The van der Waals surface area contributed by atoms with Crippen LogP contribution in [0.5, 0.6) is 5.75 Å². The van der Waals surface area contributed by atoms with E-state index >= 15 is 0 Å². The van der Waals surface area contributed by atoms with Crippen LogP contribution in [0.15, 0.2) is 18.2 Å². The van der Waals surface area contributed by atoms with Crippen molar-refractivity contribution >= 4 is 21.7 Å². The summed E-state index contributed by atoms with van der Waals surface area (Å²) in [6.45, 7) is 1.88. The highest BCUT2D eigenvalue weighted by Gasteiger charge is 2.12. The molecule has 0 bridgehead atoms. The number of phenols is 1. The Morgan fingerprint density at radius 1 is 1.47 bits per heavy atom. The second-order valence-corrected chi connectivity index (χ2v) is 5.08. The highest BCUT2D eigenvalue weighted by molar-refractivity contribution is 7.92. The number of ether oxygens (including phenoxy) is 1. The van der Waals surface area contributed by atoms with Crippen molar-refractivity contribution in [3.63, 3.8) is 0 Å². The van der Waals surface area contributed by atoms with Crippen molar-refractivity contribution in [3.8, 4) is 5.75 Å². The molecule has 1 aromatic rings. The van der Waals surface area contributed by atoms with E-state index in [-0.39, 0.29) is 23.6 Å². The summed E-state index contributed by atoms with van der Waals surface area (Å²) in [7, 11) is -3.52. The Morgan fingerprint density at radius 2 is 2.12 bits per heavy atom. The van der Waals surface area contributed by atoms with Gasteiger partial charge in [-0.2, -0.15) is 0 Å². The van der Waals surface area contributed by atoms with Crippen molar-refractivity contribution in [3.05, 3.63) is 23.8 Å². The van der Waals surface area contributed by atoms with Gasteiger partial charge in [0.15, 0.2) is 0 Å². The van der Waals surface area contributed by atoms with Crippen LogP contribution >= 0.6 is 0 Å². The number of sulfonamides is 1. The first-order valence-corrected chi connectivity index (χ1v) is 6.70. The van der Waals surface area contributed by atoms with E-state index < -0.39 is 16.0 Å². The molecule has 17 heavy (non-hydrogen) atoms. The number of phenolic OH excluding ortho intramolecular Hbond substituents is 1. The summed E-state index contributed by atoms with van der Waals surface area (Å²) in [6.07, 6.45) is 0.948. The zero-order chi connectivity index (χ0) is 13.1. The third kappa shape index (κ3) is 3.95. The van der Waals surface area contributed by atoms with Crippen LogP contribution in [0.2, 0.25) is 0 Å². The molecule has 7 heteroatoms. The van der Waals surface area contributed by atoms with Gasteiger partial charge in [-0.3, -0.25) is 4.72 Å². The minimum absolute atomic E-state index is 0.0574.